The summed E-state index contributed by atoms with van der Waals surface area (Å²) in [5.74, 6) is 1.64. The molecule has 0 saturated carbocycles. The van der Waals surface area contributed by atoms with Gasteiger partial charge in [0.05, 0.1) is 11.6 Å². The zero-order chi connectivity index (χ0) is 11.6. The van der Waals surface area contributed by atoms with Crippen molar-refractivity contribution in [3.05, 3.63) is 35.4 Å². The molecule has 0 aliphatic carbocycles. The second-order valence-electron chi connectivity index (χ2n) is 3.96. The normalized spacial score (nSPS) is 17.8. The van der Waals surface area contributed by atoms with E-state index in [1.807, 2.05) is 31.2 Å². The summed E-state index contributed by atoms with van der Waals surface area (Å²) in [7, 11) is -3.12. The maximum atomic E-state index is 12.0. The molecule has 0 unspecified atom stereocenters. The Kier molecular flexibility index (Phi) is 3.56. The Morgan fingerprint density at radius 1 is 1.44 bits per heavy atom. The minimum Gasteiger partial charge on any atom is -0.212 e. The molecular weight excluding hydrogens is 242 g/mol. The quantitative estimate of drug-likeness (QED) is 0.829. The number of hydrogen-bond donors (Lipinski definition) is 0. The highest BCUT2D eigenvalue weighted by Gasteiger charge is 2.25. The summed E-state index contributed by atoms with van der Waals surface area (Å²) in [4.78, 5) is 0. The van der Waals surface area contributed by atoms with Crippen molar-refractivity contribution in [2.24, 2.45) is 0 Å². The predicted octanol–water partition coefficient (Wildman–Crippen LogP) is 1.83. The van der Waals surface area contributed by atoms with Crippen molar-refractivity contribution >= 4 is 21.8 Å². The summed E-state index contributed by atoms with van der Waals surface area (Å²) < 4.78 is 25.6. The van der Waals surface area contributed by atoms with Gasteiger partial charge in [0.2, 0.25) is 10.0 Å². The zero-order valence-corrected chi connectivity index (χ0v) is 10.9. The zero-order valence-electron chi connectivity index (χ0n) is 9.22. The maximum Gasteiger partial charge on any atom is 0.219 e. The highest BCUT2D eigenvalue weighted by Crippen LogP contribution is 2.20. The SMILES string of the molecule is Cc1cccc(CS(=O)(=O)N2CCSC2)c1. The molecule has 1 heterocycles. The third-order valence-electron chi connectivity index (χ3n) is 2.55. The molecule has 1 aromatic carbocycles. The summed E-state index contributed by atoms with van der Waals surface area (Å²) in [5, 5.41) is 0. The van der Waals surface area contributed by atoms with Crippen molar-refractivity contribution in [2.75, 3.05) is 18.2 Å². The molecular formula is C11H15NO2S2. The van der Waals surface area contributed by atoms with E-state index in [9.17, 15) is 8.42 Å². The summed E-state index contributed by atoms with van der Waals surface area (Å²) in [6.07, 6.45) is 0. The summed E-state index contributed by atoms with van der Waals surface area (Å²) in [6, 6.07) is 7.68. The van der Waals surface area contributed by atoms with Crippen LogP contribution in [0.2, 0.25) is 0 Å². The van der Waals surface area contributed by atoms with Gasteiger partial charge in [0.15, 0.2) is 0 Å². The number of hydrogen-bond acceptors (Lipinski definition) is 3. The van der Waals surface area contributed by atoms with Crippen LogP contribution in [0.4, 0.5) is 0 Å². The van der Waals surface area contributed by atoms with E-state index in [1.54, 1.807) is 16.1 Å². The van der Waals surface area contributed by atoms with E-state index in [2.05, 4.69) is 0 Å². The van der Waals surface area contributed by atoms with Crippen LogP contribution in [0.5, 0.6) is 0 Å². The first kappa shape index (κ1) is 12.0. The van der Waals surface area contributed by atoms with Gasteiger partial charge in [0, 0.05) is 12.3 Å². The van der Waals surface area contributed by atoms with Crippen molar-refractivity contribution in [3.8, 4) is 0 Å². The molecule has 5 heteroatoms. The predicted molar refractivity (Wildman–Crippen MR) is 67.8 cm³/mol. The molecule has 2 rings (SSSR count). The third-order valence-corrected chi connectivity index (χ3v) is 5.47. The molecule has 0 spiro atoms. The first-order valence-electron chi connectivity index (χ1n) is 5.19. The Morgan fingerprint density at radius 2 is 2.25 bits per heavy atom. The maximum absolute atomic E-state index is 12.0. The van der Waals surface area contributed by atoms with Crippen LogP contribution in [0.3, 0.4) is 0 Å². The highest BCUT2D eigenvalue weighted by atomic mass is 32.2. The van der Waals surface area contributed by atoms with Crippen LogP contribution in [-0.4, -0.2) is 30.9 Å². The lowest BCUT2D eigenvalue weighted by Crippen LogP contribution is -2.29. The average molecular weight is 257 g/mol. The van der Waals surface area contributed by atoms with Gasteiger partial charge in [-0.05, 0) is 12.5 Å². The first-order valence-corrected chi connectivity index (χ1v) is 7.95. The lowest BCUT2D eigenvalue weighted by Gasteiger charge is -2.14. The molecule has 1 fully saturated rings. The molecule has 0 amide bonds. The Hall–Kier alpha value is -0.520. The van der Waals surface area contributed by atoms with Gasteiger partial charge in [0.25, 0.3) is 0 Å². The monoisotopic (exact) mass is 257 g/mol. The summed E-state index contributed by atoms with van der Waals surface area (Å²) >= 11 is 1.67. The van der Waals surface area contributed by atoms with E-state index in [1.165, 1.54) is 0 Å². The lowest BCUT2D eigenvalue weighted by molar-refractivity contribution is 0.488. The third kappa shape index (κ3) is 2.78. The number of benzene rings is 1. The molecule has 3 nitrogen and oxygen atoms in total. The highest BCUT2D eigenvalue weighted by molar-refractivity contribution is 8.00. The van der Waals surface area contributed by atoms with Gasteiger partial charge >= 0.3 is 0 Å². The Bertz CT molecular complexity index is 465. The Morgan fingerprint density at radius 3 is 2.88 bits per heavy atom. The van der Waals surface area contributed by atoms with Gasteiger partial charge in [-0.15, -0.1) is 11.8 Å². The molecule has 0 radical (unpaired) electrons. The van der Waals surface area contributed by atoms with E-state index in [4.69, 9.17) is 0 Å². The second kappa shape index (κ2) is 4.77. The van der Waals surface area contributed by atoms with Crippen LogP contribution >= 0.6 is 11.8 Å². The fourth-order valence-corrected chi connectivity index (χ4v) is 4.67. The molecule has 16 heavy (non-hydrogen) atoms. The largest absolute Gasteiger partial charge is 0.219 e. The van der Waals surface area contributed by atoms with Crippen molar-refractivity contribution in [1.82, 2.24) is 4.31 Å². The molecule has 88 valence electrons. The molecule has 0 atom stereocenters. The standard InChI is InChI=1S/C11H15NO2S2/c1-10-3-2-4-11(7-10)8-16(13,14)12-5-6-15-9-12/h2-4,7H,5-6,8-9H2,1H3. The van der Waals surface area contributed by atoms with Gasteiger partial charge in [-0.1, -0.05) is 29.8 Å². The van der Waals surface area contributed by atoms with Gasteiger partial charge in [-0.3, -0.25) is 0 Å². The Balaban J connectivity index is 2.14. The second-order valence-corrected chi connectivity index (χ2v) is 7.00. The minimum absolute atomic E-state index is 0.120. The molecule has 1 aliphatic heterocycles. The van der Waals surface area contributed by atoms with Crippen molar-refractivity contribution < 1.29 is 8.42 Å². The molecule has 0 bridgehead atoms. The summed E-state index contributed by atoms with van der Waals surface area (Å²) in [5.41, 5.74) is 1.97. The Labute approximate surface area is 101 Å². The number of rotatable bonds is 3. The van der Waals surface area contributed by atoms with Gasteiger partial charge in [0.1, 0.15) is 0 Å². The molecule has 1 saturated heterocycles. The van der Waals surface area contributed by atoms with Crippen LogP contribution < -0.4 is 0 Å². The van der Waals surface area contributed by atoms with Crippen LogP contribution in [0.1, 0.15) is 11.1 Å². The van der Waals surface area contributed by atoms with E-state index >= 15 is 0 Å². The van der Waals surface area contributed by atoms with Gasteiger partial charge < -0.3 is 0 Å². The molecule has 0 aromatic heterocycles. The fraction of sp³-hybridized carbons (Fsp3) is 0.455. The lowest BCUT2D eigenvalue weighted by atomic mass is 10.2. The van der Waals surface area contributed by atoms with E-state index in [0.717, 1.165) is 16.9 Å². The average Bonchev–Trinajstić information content (AvgIpc) is 2.69. The van der Waals surface area contributed by atoms with E-state index in [0.29, 0.717) is 12.4 Å². The number of sulfonamides is 1. The van der Waals surface area contributed by atoms with E-state index < -0.39 is 10.0 Å². The minimum atomic E-state index is -3.12. The molecule has 1 aromatic rings. The van der Waals surface area contributed by atoms with Crippen LogP contribution in [0.25, 0.3) is 0 Å². The van der Waals surface area contributed by atoms with Crippen molar-refractivity contribution in [1.29, 1.82) is 0 Å². The molecule has 0 N–H and O–H groups in total. The molecule has 1 aliphatic rings. The number of aryl methyl sites for hydroxylation is 1. The number of thioether (sulfide) groups is 1. The van der Waals surface area contributed by atoms with Crippen molar-refractivity contribution in [2.45, 2.75) is 12.7 Å². The van der Waals surface area contributed by atoms with E-state index in [-0.39, 0.29) is 5.75 Å². The first-order chi connectivity index (χ1) is 7.58. The van der Waals surface area contributed by atoms with Crippen LogP contribution in [0.15, 0.2) is 24.3 Å². The topological polar surface area (TPSA) is 37.4 Å². The van der Waals surface area contributed by atoms with Crippen LogP contribution in [-0.2, 0) is 15.8 Å². The van der Waals surface area contributed by atoms with Gasteiger partial charge in [-0.25, -0.2) is 8.42 Å². The smallest absolute Gasteiger partial charge is 0.212 e. The van der Waals surface area contributed by atoms with Crippen molar-refractivity contribution in [3.63, 3.8) is 0 Å². The van der Waals surface area contributed by atoms with Crippen LogP contribution in [0, 0.1) is 6.92 Å². The summed E-state index contributed by atoms with van der Waals surface area (Å²) in [6.45, 7) is 2.63. The number of nitrogens with zero attached hydrogens (tertiary/aromatic N) is 1. The van der Waals surface area contributed by atoms with Gasteiger partial charge in [-0.2, -0.15) is 4.31 Å². The fourth-order valence-electron chi connectivity index (χ4n) is 1.72.